The van der Waals surface area contributed by atoms with E-state index in [4.69, 9.17) is 5.73 Å². The van der Waals surface area contributed by atoms with E-state index in [1.54, 1.807) is 12.1 Å². The molecule has 7 nitrogen and oxygen atoms in total. The molecule has 0 aliphatic rings. The molecular weight excluding hydrogens is 260 g/mol. The van der Waals surface area contributed by atoms with Gasteiger partial charge in [-0.25, -0.2) is 0 Å². The van der Waals surface area contributed by atoms with Crippen molar-refractivity contribution in [3.05, 3.63) is 38.9 Å². The van der Waals surface area contributed by atoms with Crippen LogP contribution < -0.4 is 22.2 Å². The van der Waals surface area contributed by atoms with Gasteiger partial charge in [0.2, 0.25) is 5.91 Å². The lowest BCUT2D eigenvalue weighted by molar-refractivity contribution is -0.117. The molecule has 1 heterocycles. The van der Waals surface area contributed by atoms with Crippen molar-refractivity contribution >= 4 is 22.4 Å². The number of hydrogen-bond donors (Lipinski definition) is 4. The fourth-order valence-corrected chi connectivity index (χ4v) is 2.00. The first-order valence-electron chi connectivity index (χ1n) is 6.34. The van der Waals surface area contributed by atoms with Crippen LogP contribution in [0.1, 0.15) is 19.8 Å². The summed E-state index contributed by atoms with van der Waals surface area (Å²) in [6.07, 6.45) is 1.33. The normalized spacial score (nSPS) is 12.3. The summed E-state index contributed by atoms with van der Waals surface area (Å²) in [4.78, 5) is 35.4. The average molecular weight is 276 g/mol. The van der Waals surface area contributed by atoms with E-state index in [-0.39, 0.29) is 22.4 Å². The summed E-state index contributed by atoms with van der Waals surface area (Å²) in [6, 6.07) is 4.03. The molecule has 0 radical (unpaired) electrons. The zero-order valence-electron chi connectivity index (χ0n) is 11.0. The summed E-state index contributed by atoms with van der Waals surface area (Å²) in [5, 5.41) is 7.44. The first-order valence-corrected chi connectivity index (χ1v) is 6.34. The van der Waals surface area contributed by atoms with Gasteiger partial charge in [-0.15, -0.1) is 0 Å². The van der Waals surface area contributed by atoms with E-state index in [1.807, 2.05) is 6.92 Å². The summed E-state index contributed by atoms with van der Waals surface area (Å²) < 4.78 is 0. The number of hydrogen-bond acceptors (Lipinski definition) is 4. The highest BCUT2D eigenvalue weighted by atomic mass is 16.2. The second-order valence-electron chi connectivity index (χ2n) is 4.52. The Morgan fingerprint density at radius 1 is 1.30 bits per heavy atom. The van der Waals surface area contributed by atoms with Gasteiger partial charge < -0.3 is 11.1 Å². The zero-order valence-corrected chi connectivity index (χ0v) is 11.0. The molecule has 1 aromatic heterocycles. The van der Waals surface area contributed by atoms with E-state index < -0.39 is 17.2 Å². The monoisotopic (exact) mass is 276 g/mol. The maximum Gasteiger partial charge on any atom is 0.272 e. The topological polar surface area (TPSA) is 121 Å². The van der Waals surface area contributed by atoms with Crippen LogP contribution in [-0.4, -0.2) is 22.1 Å². The van der Waals surface area contributed by atoms with Gasteiger partial charge in [-0.2, -0.15) is 0 Å². The van der Waals surface area contributed by atoms with Gasteiger partial charge in [0.1, 0.15) is 0 Å². The van der Waals surface area contributed by atoms with Gasteiger partial charge in [-0.3, -0.25) is 24.6 Å². The zero-order chi connectivity index (χ0) is 14.7. The Morgan fingerprint density at radius 3 is 2.70 bits per heavy atom. The summed E-state index contributed by atoms with van der Waals surface area (Å²) >= 11 is 0. The Hall–Kier alpha value is -2.41. The molecule has 7 heteroatoms. The van der Waals surface area contributed by atoms with Gasteiger partial charge in [-0.05, 0) is 18.6 Å². The Balaban J connectivity index is 2.46. The maximum atomic E-state index is 11.9. The third-order valence-electron chi connectivity index (χ3n) is 3.02. The average Bonchev–Trinajstić information content (AvgIpc) is 2.43. The van der Waals surface area contributed by atoms with E-state index >= 15 is 0 Å². The number of nitrogens with two attached hydrogens (primary N) is 1. The number of nitrogens with one attached hydrogen (secondary N) is 3. The second kappa shape index (κ2) is 5.70. The molecule has 0 saturated carbocycles. The predicted molar refractivity (Wildman–Crippen MR) is 76.7 cm³/mol. The lowest BCUT2D eigenvalue weighted by atomic mass is 10.1. The standard InChI is InChI=1S/C13H16N4O3/c1-2-4-8(14)12(19)15-9-6-3-5-7-10(9)13(20)17-16-11(7)18/h3,5-6,8H,2,4,14H2,1H3,(H,15,19)(H,16,18)(H,17,20). The van der Waals surface area contributed by atoms with Crippen molar-refractivity contribution in [2.24, 2.45) is 5.73 Å². The number of anilines is 1. The minimum absolute atomic E-state index is 0.147. The number of benzene rings is 1. The van der Waals surface area contributed by atoms with Crippen LogP contribution in [0.4, 0.5) is 5.69 Å². The number of fused-ring (bicyclic) bond motifs is 1. The Morgan fingerprint density at radius 2 is 2.00 bits per heavy atom. The quantitative estimate of drug-likeness (QED) is 0.641. The highest BCUT2D eigenvalue weighted by molar-refractivity contribution is 6.03. The predicted octanol–water partition coefficient (Wildman–Crippen LogP) is 0.282. The van der Waals surface area contributed by atoms with E-state index in [9.17, 15) is 14.4 Å². The van der Waals surface area contributed by atoms with Crippen LogP contribution in [0, 0.1) is 0 Å². The van der Waals surface area contributed by atoms with Crippen LogP contribution in [0.2, 0.25) is 0 Å². The summed E-state index contributed by atoms with van der Waals surface area (Å²) in [5.74, 6) is -0.376. The molecule has 2 rings (SSSR count). The van der Waals surface area contributed by atoms with Gasteiger partial charge in [0, 0.05) is 0 Å². The fourth-order valence-electron chi connectivity index (χ4n) is 2.00. The highest BCUT2D eigenvalue weighted by Gasteiger charge is 2.15. The molecule has 20 heavy (non-hydrogen) atoms. The number of aromatic nitrogens is 2. The maximum absolute atomic E-state index is 11.9. The molecular formula is C13H16N4O3. The molecule has 106 valence electrons. The number of rotatable bonds is 4. The van der Waals surface area contributed by atoms with Gasteiger partial charge >= 0.3 is 0 Å². The Labute approximate surface area is 114 Å². The number of H-pyrrole nitrogens is 2. The molecule has 0 aliphatic heterocycles. The summed E-state index contributed by atoms with van der Waals surface area (Å²) in [6.45, 7) is 1.93. The number of carbonyl (C=O) groups is 1. The van der Waals surface area contributed by atoms with Crippen molar-refractivity contribution in [1.29, 1.82) is 0 Å². The van der Waals surface area contributed by atoms with E-state index in [0.29, 0.717) is 6.42 Å². The first-order chi connectivity index (χ1) is 9.54. The summed E-state index contributed by atoms with van der Waals surface area (Å²) in [7, 11) is 0. The minimum Gasteiger partial charge on any atom is -0.324 e. The van der Waals surface area contributed by atoms with Crippen LogP contribution in [0.3, 0.4) is 0 Å². The van der Waals surface area contributed by atoms with E-state index in [1.165, 1.54) is 6.07 Å². The van der Waals surface area contributed by atoms with Crippen molar-refractivity contribution in [2.45, 2.75) is 25.8 Å². The van der Waals surface area contributed by atoms with E-state index in [2.05, 4.69) is 15.5 Å². The van der Waals surface area contributed by atoms with Crippen LogP contribution in [0.25, 0.3) is 10.8 Å². The number of carbonyl (C=O) groups excluding carboxylic acids is 1. The van der Waals surface area contributed by atoms with Crippen LogP contribution in [-0.2, 0) is 4.79 Å². The summed E-state index contributed by atoms with van der Waals surface area (Å²) in [5.41, 5.74) is 5.11. The second-order valence-corrected chi connectivity index (χ2v) is 4.52. The molecule has 0 saturated heterocycles. The third-order valence-corrected chi connectivity index (χ3v) is 3.02. The van der Waals surface area contributed by atoms with Crippen LogP contribution in [0.5, 0.6) is 0 Å². The van der Waals surface area contributed by atoms with Crippen molar-refractivity contribution in [2.75, 3.05) is 5.32 Å². The number of amides is 1. The SMILES string of the molecule is CCCC(N)C(=O)Nc1cccc2c(=O)[nH][nH]c(=O)c12. The molecule has 0 bridgehead atoms. The van der Waals surface area contributed by atoms with E-state index in [0.717, 1.165) is 6.42 Å². The van der Waals surface area contributed by atoms with Crippen molar-refractivity contribution in [1.82, 2.24) is 10.2 Å². The molecule has 5 N–H and O–H groups in total. The van der Waals surface area contributed by atoms with Crippen LogP contribution in [0.15, 0.2) is 27.8 Å². The molecule has 1 amide bonds. The van der Waals surface area contributed by atoms with Gasteiger partial charge in [0.25, 0.3) is 11.1 Å². The lowest BCUT2D eigenvalue weighted by Crippen LogP contribution is -2.35. The highest BCUT2D eigenvalue weighted by Crippen LogP contribution is 2.17. The third kappa shape index (κ3) is 2.62. The lowest BCUT2D eigenvalue weighted by Gasteiger charge is -2.12. The minimum atomic E-state index is -0.642. The molecule has 1 atom stereocenters. The first kappa shape index (κ1) is 14.0. The molecule has 1 unspecified atom stereocenters. The largest absolute Gasteiger partial charge is 0.324 e. The van der Waals surface area contributed by atoms with Crippen LogP contribution >= 0.6 is 0 Å². The molecule has 1 aromatic carbocycles. The van der Waals surface area contributed by atoms with Gasteiger partial charge in [0.15, 0.2) is 0 Å². The Bertz CT molecular complexity index is 747. The van der Waals surface area contributed by atoms with Gasteiger partial charge in [-0.1, -0.05) is 19.4 Å². The molecule has 0 spiro atoms. The smallest absolute Gasteiger partial charge is 0.272 e. The van der Waals surface area contributed by atoms with Crippen molar-refractivity contribution in [3.8, 4) is 0 Å². The molecule has 0 aliphatic carbocycles. The van der Waals surface area contributed by atoms with Crippen molar-refractivity contribution in [3.63, 3.8) is 0 Å². The molecule has 0 fully saturated rings. The number of aromatic amines is 2. The fraction of sp³-hybridized carbons (Fsp3) is 0.308. The van der Waals surface area contributed by atoms with Gasteiger partial charge in [0.05, 0.1) is 22.5 Å². The van der Waals surface area contributed by atoms with Crippen molar-refractivity contribution < 1.29 is 4.79 Å². The Kier molecular flexibility index (Phi) is 3.99. The molecule has 2 aromatic rings.